The zero-order valence-corrected chi connectivity index (χ0v) is 16.7. The molecule has 0 spiro atoms. The molecule has 0 aliphatic heterocycles. The number of hydrogen-bond donors (Lipinski definition) is 1. The van der Waals surface area contributed by atoms with Gasteiger partial charge in [0, 0.05) is 12.7 Å². The van der Waals surface area contributed by atoms with Gasteiger partial charge in [-0.1, -0.05) is 28.9 Å². The maximum absolute atomic E-state index is 12.9. The van der Waals surface area contributed by atoms with Gasteiger partial charge in [-0.25, -0.2) is 4.68 Å². The van der Waals surface area contributed by atoms with Crippen LogP contribution in [0.2, 0.25) is 5.02 Å². The van der Waals surface area contributed by atoms with E-state index in [0.29, 0.717) is 11.6 Å². The van der Waals surface area contributed by atoms with Crippen LogP contribution in [0.4, 0.5) is 18.9 Å². The van der Waals surface area contributed by atoms with Crippen LogP contribution in [0.3, 0.4) is 0 Å². The molecule has 31 heavy (non-hydrogen) atoms. The molecule has 0 aliphatic carbocycles. The number of carbonyl (C=O) groups is 2. The van der Waals surface area contributed by atoms with Gasteiger partial charge in [-0.2, -0.15) is 13.2 Å². The quantitative estimate of drug-likeness (QED) is 0.640. The fraction of sp³-hybridized carbons (Fsp3) is 0.211. The summed E-state index contributed by atoms with van der Waals surface area (Å²) >= 11 is 5.54. The minimum absolute atomic E-state index is 0.126. The molecule has 1 heterocycles. The van der Waals surface area contributed by atoms with E-state index in [-0.39, 0.29) is 11.1 Å². The number of rotatable bonds is 5. The van der Waals surface area contributed by atoms with Gasteiger partial charge in [0.25, 0.3) is 5.56 Å². The Hall–Kier alpha value is -3.47. The number of aromatic nitrogens is 3. The molecule has 3 rings (SSSR count). The fourth-order valence-corrected chi connectivity index (χ4v) is 2.92. The topological polar surface area (TPSA) is 97.2 Å². The second-order valence-corrected chi connectivity index (χ2v) is 6.97. The van der Waals surface area contributed by atoms with Gasteiger partial charge in [-0.05, 0) is 30.3 Å². The lowest BCUT2D eigenvalue weighted by Crippen LogP contribution is -2.39. The van der Waals surface area contributed by atoms with Crippen LogP contribution in [-0.4, -0.2) is 45.3 Å². The molecule has 0 bridgehead atoms. The molecule has 0 atom stereocenters. The van der Waals surface area contributed by atoms with Gasteiger partial charge in [0.1, 0.15) is 12.1 Å². The van der Waals surface area contributed by atoms with E-state index in [9.17, 15) is 27.6 Å². The summed E-state index contributed by atoms with van der Waals surface area (Å²) in [5.74, 6) is -1.35. The van der Waals surface area contributed by atoms with Crippen molar-refractivity contribution < 1.29 is 22.8 Å². The second-order valence-electron chi connectivity index (χ2n) is 6.56. The Labute approximate surface area is 178 Å². The van der Waals surface area contributed by atoms with Crippen molar-refractivity contribution in [3.63, 3.8) is 0 Å². The van der Waals surface area contributed by atoms with Crippen LogP contribution in [0.5, 0.6) is 0 Å². The Morgan fingerprint density at radius 1 is 1.19 bits per heavy atom. The van der Waals surface area contributed by atoms with E-state index < -0.39 is 47.2 Å². The number of nitrogens with zero attached hydrogens (tertiary/aromatic N) is 4. The Bertz CT molecular complexity index is 1210. The molecule has 12 heteroatoms. The summed E-state index contributed by atoms with van der Waals surface area (Å²) in [4.78, 5) is 37.9. The second kappa shape index (κ2) is 8.72. The van der Waals surface area contributed by atoms with E-state index in [0.717, 1.165) is 15.6 Å². The number of halogens is 4. The first-order valence-corrected chi connectivity index (χ1v) is 9.17. The van der Waals surface area contributed by atoms with Gasteiger partial charge in [0.2, 0.25) is 11.8 Å². The van der Waals surface area contributed by atoms with Crippen molar-refractivity contribution in [3.05, 3.63) is 63.4 Å². The molecule has 162 valence electrons. The number of anilines is 1. The van der Waals surface area contributed by atoms with E-state index >= 15 is 0 Å². The van der Waals surface area contributed by atoms with Crippen LogP contribution in [0.25, 0.3) is 10.9 Å². The molecule has 1 N–H and O–H groups in total. The predicted octanol–water partition coefficient (Wildman–Crippen LogP) is 2.56. The molecule has 0 radical (unpaired) electrons. The maximum Gasteiger partial charge on any atom is 0.417 e. The van der Waals surface area contributed by atoms with Gasteiger partial charge in [-0.3, -0.25) is 14.4 Å². The number of likely N-dealkylation sites (N-methyl/N-ethyl adjacent to an activating group) is 1. The summed E-state index contributed by atoms with van der Waals surface area (Å²) in [6, 6.07) is 9.41. The highest BCUT2D eigenvalue weighted by Crippen LogP contribution is 2.36. The van der Waals surface area contributed by atoms with Crippen molar-refractivity contribution in [2.45, 2.75) is 12.7 Å². The normalized spacial score (nSPS) is 11.4. The number of carbonyl (C=O) groups excluding carboxylic acids is 2. The average Bonchev–Trinajstić information content (AvgIpc) is 2.70. The van der Waals surface area contributed by atoms with Gasteiger partial charge < -0.3 is 10.2 Å². The summed E-state index contributed by atoms with van der Waals surface area (Å²) in [5, 5.41) is 9.63. The molecule has 3 aromatic rings. The fourth-order valence-electron chi connectivity index (χ4n) is 2.70. The van der Waals surface area contributed by atoms with Crippen molar-refractivity contribution in [3.8, 4) is 0 Å². The summed E-state index contributed by atoms with van der Waals surface area (Å²) in [6.07, 6.45) is -4.68. The van der Waals surface area contributed by atoms with Crippen molar-refractivity contribution in [2.75, 3.05) is 18.9 Å². The van der Waals surface area contributed by atoms with Crippen LogP contribution >= 0.6 is 11.6 Å². The number of alkyl halides is 3. The van der Waals surface area contributed by atoms with Crippen LogP contribution < -0.4 is 10.9 Å². The van der Waals surface area contributed by atoms with E-state index in [1.807, 2.05) is 0 Å². The lowest BCUT2D eigenvalue weighted by atomic mass is 10.2. The molecule has 2 amide bonds. The third-order valence-electron chi connectivity index (χ3n) is 4.28. The molecule has 1 aromatic heterocycles. The number of hydrogen-bond acceptors (Lipinski definition) is 5. The zero-order chi connectivity index (χ0) is 22.8. The highest BCUT2D eigenvalue weighted by Gasteiger charge is 2.33. The van der Waals surface area contributed by atoms with E-state index in [2.05, 4.69) is 15.6 Å². The SMILES string of the molecule is CN(CC(=O)Nc1ccc(Cl)c(C(F)(F)F)c1)C(=O)Cn1nnc2ccccc2c1=O. The zero-order valence-electron chi connectivity index (χ0n) is 16.0. The molecule has 0 fully saturated rings. The Balaban J connectivity index is 1.66. The molecule has 0 saturated carbocycles. The molecule has 0 saturated heterocycles. The first-order valence-electron chi connectivity index (χ1n) is 8.79. The van der Waals surface area contributed by atoms with Crippen molar-refractivity contribution in [1.82, 2.24) is 19.9 Å². The predicted molar refractivity (Wildman–Crippen MR) is 107 cm³/mol. The monoisotopic (exact) mass is 453 g/mol. The van der Waals surface area contributed by atoms with Gasteiger partial charge in [0.05, 0.1) is 22.5 Å². The van der Waals surface area contributed by atoms with Crippen molar-refractivity contribution in [2.24, 2.45) is 0 Å². The molecule has 2 aromatic carbocycles. The van der Waals surface area contributed by atoms with Crippen molar-refractivity contribution in [1.29, 1.82) is 0 Å². The van der Waals surface area contributed by atoms with Crippen LogP contribution in [0, 0.1) is 0 Å². The smallest absolute Gasteiger partial charge is 0.335 e. The number of nitrogens with one attached hydrogen (secondary N) is 1. The molecular formula is C19H15ClF3N5O3. The summed E-state index contributed by atoms with van der Waals surface area (Å²) < 4.78 is 39.7. The van der Waals surface area contributed by atoms with E-state index in [1.54, 1.807) is 24.3 Å². The van der Waals surface area contributed by atoms with Gasteiger partial charge in [-0.15, -0.1) is 5.10 Å². The number of fused-ring (bicyclic) bond motifs is 1. The highest BCUT2D eigenvalue weighted by atomic mass is 35.5. The van der Waals surface area contributed by atoms with Gasteiger partial charge in [0.15, 0.2) is 0 Å². The Kier molecular flexibility index (Phi) is 6.25. The maximum atomic E-state index is 12.9. The number of benzene rings is 2. The largest absolute Gasteiger partial charge is 0.417 e. The van der Waals surface area contributed by atoms with E-state index in [4.69, 9.17) is 11.6 Å². The van der Waals surface area contributed by atoms with Crippen LogP contribution in [0.1, 0.15) is 5.56 Å². The van der Waals surface area contributed by atoms with Crippen LogP contribution in [0.15, 0.2) is 47.3 Å². The van der Waals surface area contributed by atoms with Crippen LogP contribution in [-0.2, 0) is 22.3 Å². The minimum atomic E-state index is -4.68. The average molecular weight is 454 g/mol. The van der Waals surface area contributed by atoms with E-state index in [1.165, 1.54) is 13.1 Å². The summed E-state index contributed by atoms with van der Waals surface area (Å²) in [5.41, 5.74) is -1.35. The van der Waals surface area contributed by atoms with Crippen molar-refractivity contribution >= 4 is 40.0 Å². The third-order valence-corrected chi connectivity index (χ3v) is 4.61. The van der Waals surface area contributed by atoms with Gasteiger partial charge >= 0.3 is 6.18 Å². The molecule has 0 aliphatic rings. The first-order chi connectivity index (χ1) is 14.6. The summed E-state index contributed by atoms with van der Waals surface area (Å²) in [6.45, 7) is -0.918. The molecular weight excluding hydrogens is 439 g/mol. The highest BCUT2D eigenvalue weighted by molar-refractivity contribution is 6.31. The molecule has 0 unspecified atom stereocenters. The minimum Gasteiger partial charge on any atom is -0.335 e. The lowest BCUT2D eigenvalue weighted by molar-refractivity contribution is -0.137. The first kappa shape index (κ1) is 22.2. The third kappa shape index (κ3) is 5.18. The Morgan fingerprint density at radius 3 is 2.61 bits per heavy atom. The standard InChI is InChI=1S/C19H15ClF3N5O3/c1-27(9-16(29)24-11-6-7-14(20)13(8-11)19(21,22)23)17(30)10-28-18(31)12-4-2-3-5-15(12)25-26-28/h2-8H,9-10H2,1H3,(H,24,29). The number of amides is 2. The Morgan fingerprint density at radius 2 is 1.90 bits per heavy atom. The lowest BCUT2D eigenvalue weighted by Gasteiger charge is -2.17. The summed E-state index contributed by atoms with van der Waals surface area (Å²) in [7, 11) is 1.31. The molecule has 8 nitrogen and oxygen atoms in total.